The molecule has 7 heteroatoms. The number of rotatable bonds is 2. The summed E-state index contributed by atoms with van der Waals surface area (Å²) in [4.78, 5) is 14.1. The van der Waals surface area contributed by atoms with E-state index in [1.165, 1.54) is 12.1 Å². The molecule has 6 nitrogen and oxygen atoms in total. The summed E-state index contributed by atoms with van der Waals surface area (Å²) in [6.07, 6.45) is 0.591. The monoisotopic (exact) mass is 301 g/mol. The lowest BCUT2D eigenvalue weighted by molar-refractivity contribution is 0.0728. The Labute approximate surface area is 127 Å². The minimum atomic E-state index is -0.507. The van der Waals surface area contributed by atoms with Gasteiger partial charge in [0.15, 0.2) is 5.82 Å². The van der Waals surface area contributed by atoms with E-state index in [9.17, 15) is 9.18 Å². The maximum atomic E-state index is 13.8. The Morgan fingerprint density at radius 1 is 1.36 bits per heavy atom. The Hall–Kier alpha value is -2.54. The molecule has 3 rings (SSSR count). The van der Waals surface area contributed by atoms with Gasteiger partial charge in [-0.1, -0.05) is 12.1 Å². The lowest BCUT2D eigenvalue weighted by Gasteiger charge is -2.29. The molecule has 114 valence electrons. The Balaban J connectivity index is 1.91. The highest BCUT2D eigenvalue weighted by Crippen LogP contribution is 2.25. The Morgan fingerprint density at radius 2 is 2.14 bits per heavy atom. The summed E-state index contributed by atoms with van der Waals surface area (Å²) in [5, 5.41) is 8.13. The number of benzene rings is 1. The van der Waals surface area contributed by atoms with Gasteiger partial charge in [-0.2, -0.15) is 5.10 Å². The van der Waals surface area contributed by atoms with Gasteiger partial charge in [0.2, 0.25) is 0 Å². The lowest BCUT2D eigenvalue weighted by atomic mass is 10.0. The second-order valence-electron chi connectivity index (χ2n) is 5.20. The SMILES string of the molecule is Cc1c(NN)nnc2c1CN(C(=O)c1ccccc1F)CC2. The highest BCUT2D eigenvalue weighted by Gasteiger charge is 2.26. The molecule has 1 aromatic carbocycles. The van der Waals surface area contributed by atoms with Crippen LogP contribution in [0.3, 0.4) is 0 Å². The predicted molar refractivity (Wildman–Crippen MR) is 79.4 cm³/mol. The van der Waals surface area contributed by atoms with Crippen LogP contribution in [0, 0.1) is 12.7 Å². The largest absolute Gasteiger partial charge is 0.334 e. The number of nitrogen functional groups attached to an aromatic ring is 1. The van der Waals surface area contributed by atoms with Gasteiger partial charge in [0.1, 0.15) is 5.82 Å². The van der Waals surface area contributed by atoms with E-state index in [0.717, 1.165) is 16.8 Å². The third kappa shape index (κ3) is 2.39. The predicted octanol–water partition coefficient (Wildman–Crippen LogP) is 1.41. The molecule has 0 aliphatic carbocycles. The Morgan fingerprint density at radius 3 is 2.86 bits per heavy atom. The van der Waals surface area contributed by atoms with Gasteiger partial charge < -0.3 is 10.3 Å². The smallest absolute Gasteiger partial charge is 0.257 e. The number of nitrogens with one attached hydrogen (secondary N) is 1. The molecule has 3 N–H and O–H groups in total. The average Bonchev–Trinajstić information content (AvgIpc) is 2.55. The molecule has 0 unspecified atom stereocenters. The van der Waals surface area contributed by atoms with Crippen LogP contribution in [0.4, 0.5) is 10.2 Å². The first-order valence-electron chi connectivity index (χ1n) is 6.97. The van der Waals surface area contributed by atoms with E-state index in [0.29, 0.717) is 25.3 Å². The molecule has 1 aliphatic rings. The first-order chi connectivity index (χ1) is 10.6. The molecule has 0 saturated carbocycles. The van der Waals surface area contributed by atoms with Crippen LogP contribution in [0.25, 0.3) is 0 Å². The van der Waals surface area contributed by atoms with E-state index in [2.05, 4.69) is 15.6 Å². The third-order valence-electron chi connectivity index (χ3n) is 3.92. The van der Waals surface area contributed by atoms with Crippen LogP contribution in [0.5, 0.6) is 0 Å². The summed E-state index contributed by atoms with van der Waals surface area (Å²) >= 11 is 0. The van der Waals surface area contributed by atoms with Crippen LogP contribution in [0.2, 0.25) is 0 Å². The van der Waals surface area contributed by atoms with E-state index in [1.807, 2.05) is 6.92 Å². The third-order valence-corrected chi connectivity index (χ3v) is 3.92. The van der Waals surface area contributed by atoms with Gasteiger partial charge in [-0.15, -0.1) is 5.10 Å². The molecule has 1 amide bonds. The van der Waals surface area contributed by atoms with Crippen LogP contribution in [0.1, 0.15) is 27.2 Å². The highest BCUT2D eigenvalue weighted by atomic mass is 19.1. The van der Waals surface area contributed by atoms with Crippen molar-refractivity contribution in [3.63, 3.8) is 0 Å². The van der Waals surface area contributed by atoms with Gasteiger partial charge >= 0.3 is 0 Å². The maximum Gasteiger partial charge on any atom is 0.257 e. The summed E-state index contributed by atoms with van der Waals surface area (Å²) < 4.78 is 13.8. The van der Waals surface area contributed by atoms with Crippen LogP contribution >= 0.6 is 0 Å². The second-order valence-corrected chi connectivity index (χ2v) is 5.20. The fraction of sp³-hybridized carbons (Fsp3) is 0.267. The quantitative estimate of drug-likeness (QED) is 0.647. The number of nitrogens with zero attached hydrogens (tertiary/aromatic N) is 3. The molecule has 22 heavy (non-hydrogen) atoms. The normalized spacial score (nSPS) is 13.7. The Kier molecular flexibility index (Phi) is 3.72. The number of halogens is 1. The number of anilines is 1. The van der Waals surface area contributed by atoms with Gasteiger partial charge in [-0.3, -0.25) is 4.79 Å². The number of hydrogen-bond donors (Lipinski definition) is 2. The van der Waals surface area contributed by atoms with E-state index < -0.39 is 5.82 Å². The number of nitrogens with two attached hydrogens (primary N) is 1. The highest BCUT2D eigenvalue weighted by molar-refractivity contribution is 5.94. The van der Waals surface area contributed by atoms with Gasteiger partial charge in [-0.05, 0) is 19.1 Å². The zero-order valence-corrected chi connectivity index (χ0v) is 12.1. The average molecular weight is 301 g/mol. The molecule has 0 spiro atoms. The summed E-state index contributed by atoms with van der Waals surface area (Å²) in [6, 6.07) is 6.01. The van der Waals surface area contributed by atoms with Crippen LogP contribution in [-0.2, 0) is 13.0 Å². The number of aromatic nitrogens is 2. The second kappa shape index (κ2) is 5.69. The van der Waals surface area contributed by atoms with Gasteiger partial charge in [-0.25, -0.2) is 10.2 Å². The van der Waals surface area contributed by atoms with Crippen molar-refractivity contribution < 1.29 is 9.18 Å². The summed E-state index contributed by atoms with van der Waals surface area (Å²) in [7, 11) is 0. The van der Waals surface area contributed by atoms with Crippen molar-refractivity contribution in [3.05, 3.63) is 52.5 Å². The van der Waals surface area contributed by atoms with Crippen LogP contribution < -0.4 is 11.3 Å². The topological polar surface area (TPSA) is 84.1 Å². The zero-order valence-electron chi connectivity index (χ0n) is 12.1. The molecule has 2 heterocycles. The van der Waals surface area contributed by atoms with Crippen molar-refractivity contribution in [1.82, 2.24) is 15.1 Å². The first-order valence-corrected chi connectivity index (χ1v) is 6.97. The maximum absolute atomic E-state index is 13.8. The van der Waals surface area contributed by atoms with E-state index in [4.69, 9.17) is 5.84 Å². The van der Waals surface area contributed by atoms with Gasteiger partial charge in [0, 0.05) is 30.6 Å². The van der Waals surface area contributed by atoms with E-state index in [1.54, 1.807) is 17.0 Å². The van der Waals surface area contributed by atoms with Crippen molar-refractivity contribution in [2.45, 2.75) is 19.9 Å². The van der Waals surface area contributed by atoms with Crippen LogP contribution in [-0.4, -0.2) is 27.5 Å². The fourth-order valence-electron chi connectivity index (χ4n) is 2.64. The Bertz CT molecular complexity index is 734. The number of hydrogen-bond acceptors (Lipinski definition) is 5. The van der Waals surface area contributed by atoms with Crippen molar-refractivity contribution in [1.29, 1.82) is 0 Å². The number of carbonyl (C=O) groups is 1. The number of amides is 1. The molecular formula is C15H16FN5O. The molecule has 2 aromatic rings. The molecule has 0 atom stereocenters. The molecule has 0 radical (unpaired) electrons. The van der Waals surface area contributed by atoms with Crippen molar-refractivity contribution in [2.24, 2.45) is 5.84 Å². The standard InChI is InChI=1S/C15H16FN5O/c1-9-11-8-21(7-6-13(11)19-20-14(9)18-17)15(22)10-4-2-3-5-12(10)16/h2-5H,6-8,17H2,1H3,(H,18,20). The molecule has 1 aliphatic heterocycles. The van der Waals surface area contributed by atoms with E-state index in [-0.39, 0.29) is 11.5 Å². The van der Waals surface area contributed by atoms with E-state index >= 15 is 0 Å². The molecular weight excluding hydrogens is 285 g/mol. The molecule has 0 bridgehead atoms. The minimum Gasteiger partial charge on any atom is -0.334 e. The number of fused-ring (bicyclic) bond motifs is 1. The molecule has 0 saturated heterocycles. The first kappa shape index (κ1) is 14.4. The van der Waals surface area contributed by atoms with Crippen molar-refractivity contribution >= 4 is 11.7 Å². The molecule has 0 fully saturated rings. The minimum absolute atomic E-state index is 0.0859. The lowest BCUT2D eigenvalue weighted by Crippen LogP contribution is -2.37. The summed E-state index contributed by atoms with van der Waals surface area (Å²) in [6.45, 7) is 2.74. The fourth-order valence-corrected chi connectivity index (χ4v) is 2.64. The van der Waals surface area contributed by atoms with Crippen molar-refractivity contribution in [3.8, 4) is 0 Å². The van der Waals surface area contributed by atoms with Crippen LogP contribution in [0.15, 0.2) is 24.3 Å². The van der Waals surface area contributed by atoms with Gasteiger partial charge in [0.05, 0.1) is 11.3 Å². The van der Waals surface area contributed by atoms with Crippen molar-refractivity contribution in [2.75, 3.05) is 12.0 Å². The zero-order chi connectivity index (χ0) is 15.7. The number of hydrazine groups is 1. The summed E-state index contributed by atoms with van der Waals surface area (Å²) in [5.74, 6) is 5.07. The molecule has 1 aromatic heterocycles. The summed E-state index contributed by atoms with van der Waals surface area (Å²) in [5.41, 5.74) is 5.21. The number of carbonyl (C=O) groups excluding carboxylic acids is 1. The van der Waals surface area contributed by atoms with Gasteiger partial charge in [0.25, 0.3) is 5.91 Å².